The van der Waals surface area contributed by atoms with Crippen molar-refractivity contribution in [2.24, 2.45) is 7.05 Å². The van der Waals surface area contributed by atoms with Gasteiger partial charge in [0.25, 0.3) is 0 Å². The molecule has 0 fully saturated rings. The quantitative estimate of drug-likeness (QED) is 0.881. The van der Waals surface area contributed by atoms with E-state index in [-0.39, 0.29) is 11.9 Å². The van der Waals surface area contributed by atoms with Crippen LogP contribution in [-0.4, -0.2) is 23.4 Å². The van der Waals surface area contributed by atoms with Gasteiger partial charge >= 0.3 is 0 Å². The fraction of sp³-hybridized carbons (Fsp3) is 0.400. The number of hydrogen-bond donors (Lipinski definition) is 1. The molecule has 1 atom stereocenters. The first-order valence-corrected chi connectivity index (χ1v) is 6.67. The number of rotatable bonds is 6. The van der Waals surface area contributed by atoms with Gasteiger partial charge in [-0.15, -0.1) is 0 Å². The second-order valence-corrected chi connectivity index (χ2v) is 4.81. The zero-order valence-electron chi connectivity index (χ0n) is 12.1. The number of aromatic nitrogens is 2. The molecule has 0 saturated carbocycles. The van der Waals surface area contributed by atoms with E-state index < -0.39 is 0 Å². The maximum absolute atomic E-state index is 13.4. The van der Waals surface area contributed by atoms with Gasteiger partial charge in [-0.2, -0.15) is 5.10 Å². The highest BCUT2D eigenvalue weighted by atomic mass is 19.1. The Balaban J connectivity index is 2.02. The van der Waals surface area contributed by atoms with Gasteiger partial charge in [-0.05, 0) is 25.6 Å². The van der Waals surface area contributed by atoms with Crippen molar-refractivity contribution in [3.8, 4) is 5.75 Å². The van der Waals surface area contributed by atoms with Crippen LogP contribution >= 0.6 is 0 Å². The van der Waals surface area contributed by atoms with Crippen LogP contribution in [0.1, 0.15) is 24.1 Å². The summed E-state index contributed by atoms with van der Waals surface area (Å²) >= 11 is 0. The molecule has 0 bridgehead atoms. The maximum Gasteiger partial charge on any atom is 0.126 e. The third-order valence-electron chi connectivity index (χ3n) is 3.28. The van der Waals surface area contributed by atoms with Gasteiger partial charge in [0.2, 0.25) is 0 Å². The molecule has 0 saturated heterocycles. The Morgan fingerprint density at radius 3 is 2.90 bits per heavy atom. The van der Waals surface area contributed by atoms with E-state index >= 15 is 0 Å². The Morgan fingerprint density at radius 2 is 2.25 bits per heavy atom. The van der Waals surface area contributed by atoms with E-state index in [0.29, 0.717) is 12.4 Å². The highest BCUT2D eigenvalue weighted by Crippen LogP contribution is 2.26. The van der Waals surface area contributed by atoms with E-state index in [1.807, 2.05) is 33.4 Å². The Hall–Kier alpha value is -1.88. The van der Waals surface area contributed by atoms with Crippen LogP contribution in [0.5, 0.6) is 5.75 Å². The summed E-state index contributed by atoms with van der Waals surface area (Å²) in [5.74, 6) is 0.309. The smallest absolute Gasteiger partial charge is 0.126 e. The molecule has 0 radical (unpaired) electrons. The van der Waals surface area contributed by atoms with Crippen LogP contribution in [-0.2, 0) is 13.5 Å². The van der Waals surface area contributed by atoms with Gasteiger partial charge in [-0.1, -0.05) is 6.07 Å². The lowest BCUT2D eigenvalue weighted by atomic mass is 10.1. The van der Waals surface area contributed by atoms with E-state index in [0.717, 1.165) is 17.5 Å². The van der Waals surface area contributed by atoms with E-state index in [9.17, 15) is 4.39 Å². The second kappa shape index (κ2) is 6.52. The summed E-state index contributed by atoms with van der Waals surface area (Å²) < 4.78 is 20.8. The summed E-state index contributed by atoms with van der Waals surface area (Å²) in [5, 5.41) is 7.24. The predicted molar refractivity (Wildman–Crippen MR) is 76.3 cm³/mol. The van der Waals surface area contributed by atoms with E-state index in [1.165, 1.54) is 12.1 Å². The fourth-order valence-corrected chi connectivity index (χ4v) is 2.03. The van der Waals surface area contributed by atoms with Gasteiger partial charge in [0.05, 0.1) is 12.8 Å². The average molecular weight is 277 g/mol. The number of hydrogen-bond acceptors (Lipinski definition) is 3. The molecular formula is C15H20FN3O. The molecule has 1 aromatic carbocycles. The monoisotopic (exact) mass is 277 g/mol. The second-order valence-electron chi connectivity index (χ2n) is 4.81. The van der Waals surface area contributed by atoms with Crippen LogP contribution < -0.4 is 10.1 Å². The normalized spacial score (nSPS) is 12.4. The highest BCUT2D eigenvalue weighted by molar-refractivity contribution is 5.36. The molecule has 0 aliphatic rings. The van der Waals surface area contributed by atoms with E-state index in [4.69, 9.17) is 4.74 Å². The molecule has 2 aromatic rings. The van der Waals surface area contributed by atoms with Crippen molar-refractivity contribution in [1.82, 2.24) is 15.1 Å². The van der Waals surface area contributed by atoms with Crippen LogP contribution in [0.2, 0.25) is 0 Å². The average Bonchev–Trinajstić information content (AvgIpc) is 2.84. The molecule has 2 rings (SSSR count). The Morgan fingerprint density at radius 1 is 1.45 bits per heavy atom. The molecule has 0 aliphatic carbocycles. The summed E-state index contributed by atoms with van der Waals surface area (Å²) in [7, 11) is 3.75. The van der Waals surface area contributed by atoms with Crippen LogP contribution in [0.15, 0.2) is 30.6 Å². The molecule has 1 heterocycles. The number of ether oxygens (including phenoxy) is 1. The topological polar surface area (TPSA) is 39.1 Å². The third-order valence-corrected chi connectivity index (χ3v) is 3.28. The van der Waals surface area contributed by atoms with Crippen molar-refractivity contribution >= 4 is 0 Å². The number of benzene rings is 1. The highest BCUT2D eigenvalue weighted by Gasteiger charge is 2.11. The van der Waals surface area contributed by atoms with E-state index in [1.54, 1.807) is 10.7 Å². The molecule has 0 aliphatic heterocycles. The lowest BCUT2D eigenvalue weighted by Gasteiger charge is -2.16. The third kappa shape index (κ3) is 3.57. The summed E-state index contributed by atoms with van der Waals surface area (Å²) in [6.45, 7) is 2.51. The SMILES string of the molecule is CNC(C)c1ccc(F)cc1OCCc1cnn(C)c1. The van der Waals surface area contributed by atoms with Crippen LogP contribution in [0, 0.1) is 5.82 Å². The Bertz CT molecular complexity index is 568. The first-order chi connectivity index (χ1) is 9.60. The molecule has 1 N–H and O–H groups in total. The molecule has 20 heavy (non-hydrogen) atoms. The number of halogens is 1. The number of nitrogens with one attached hydrogen (secondary N) is 1. The Kier molecular flexibility index (Phi) is 4.74. The minimum Gasteiger partial charge on any atom is -0.493 e. The Labute approximate surface area is 118 Å². The van der Waals surface area contributed by atoms with Gasteiger partial charge < -0.3 is 10.1 Å². The zero-order valence-corrected chi connectivity index (χ0v) is 12.1. The molecule has 0 amide bonds. The number of aryl methyl sites for hydroxylation is 1. The molecular weight excluding hydrogens is 257 g/mol. The van der Waals surface area contributed by atoms with Crippen LogP contribution in [0.3, 0.4) is 0 Å². The van der Waals surface area contributed by atoms with Gasteiger partial charge in [-0.3, -0.25) is 4.68 Å². The summed E-state index contributed by atoms with van der Waals surface area (Å²) in [5.41, 5.74) is 2.06. The molecule has 5 heteroatoms. The molecule has 4 nitrogen and oxygen atoms in total. The molecule has 1 aromatic heterocycles. The van der Waals surface area contributed by atoms with Crippen molar-refractivity contribution in [2.45, 2.75) is 19.4 Å². The minimum atomic E-state index is -0.284. The van der Waals surface area contributed by atoms with Crippen molar-refractivity contribution in [3.05, 3.63) is 47.5 Å². The summed E-state index contributed by atoms with van der Waals surface area (Å²) in [6, 6.07) is 4.77. The van der Waals surface area contributed by atoms with Crippen molar-refractivity contribution in [1.29, 1.82) is 0 Å². The maximum atomic E-state index is 13.4. The fourth-order valence-electron chi connectivity index (χ4n) is 2.03. The lowest BCUT2D eigenvalue weighted by molar-refractivity contribution is 0.314. The van der Waals surface area contributed by atoms with Crippen molar-refractivity contribution < 1.29 is 9.13 Å². The van der Waals surface area contributed by atoms with E-state index in [2.05, 4.69) is 10.4 Å². The van der Waals surface area contributed by atoms with Crippen molar-refractivity contribution in [2.75, 3.05) is 13.7 Å². The molecule has 108 valence electrons. The summed E-state index contributed by atoms with van der Waals surface area (Å²) in [6.07, 6.45) is 4.51. The summed E-state index contributed by atoms with van der Waals surface area (Å²) in [4.78, 5) is 0. The van der Waals surface area contributed by atoms with Gasteiger partial charge in [0.15, 0.2) is 0 Å². The largest absolute Gasteiger partial charge is 0.493 e. The molecule has 0 spiro atoms. The standard InChI is InChI=1S/C15H20FN3O/c1-11(17-2)14-5-4-13(16)8-15(14)20-7-6-12-9-18-19(3)10-12/h4-5,8-11,17H,6-7H2,1-3H3. The van der Waals surface area contributed by atoms with Crippen LogP contribution in [0.25, 0.3) is 0 Å². The van der Waals surface area contributed by atoms with Gasteiger partial charge in [0.1, 0.15) is 11.6 Å². The molecule has 1 unspecified atom stereocenters. The van der Waals surface area contributed by atoms with Gasteiger partial charge in [-0.25, -0.2) is 4.39 Å². The zero-order chi connectivity index (χ0) is 14.5. The first-order valence-electron chi connectivity index (χ1n) is 6.67. The van der Waals surface area contributed by atoms with Crippen LogP contribution in [0.4, 0.5) is 4.39 Å². The minimum absolute atomic E-state index is 0.115. The number of nitrogens with zero attached hydrogens (tertiary/aromatic N) is 2. The lowest BCUT2D eigenvalue weighted by Crippen LogP contribution is -2.14. The predicted octanol–water partition coefficient (Wildman–Crippen LogP) is 2.46. The van der Waals surface area contributed by atoms with Crippen molar-refractivity contribution in [3.63, 3.8) is 0 Å². The van der Waals surface area contributed by atoms with Gasteiger partial charge in [0, 0.05) is 37.3 Å². The first kappa shape index (κ1) is 14.5.